The van der Waals surface area contributed by atoms with Gasteiger partial charge in [0.2, 0.25) is 10.0 Å². The number of rotatable bonds is 6. The number of allylic oxidation sites excluding steroid dienone is 1. The predicted molar refractivity (Wildman–Crippen MR) is 106 cm³/mol. The molecule has 1 fully saturated rings. The van der Waals surface area contributed by atoms with Crippen molar-refractivity contribution < 1.29 is 22.6 Å². The van der Waals surface area contributed by atoms with Crippen LogP contribution in [-0.4, -0.2) is 62.7 Å². The lowest BCUT2D eigenvalue weighted by molar-refractivity contribution is -0.423. The number of urea groups is 1. The van der Waals surface area contributed by atoms with Gasteiger partial charge in [-0.3, -0.25) is 4.68 Å². The SMILES string of the molecule is Cn1cc(CN2C(=O)C3=CC(S(=O)(=O)NC4(C#N)CC4)C=CC3=[N+](CC#N)C2=O)cn1. The fourth-order valence-corrected chi connectivity index (χ4v) is 5.00. The first kappa shape index (κ1) is 20.7. The highest BCUT2D eigenvalue weighted by molar-refractivity contribution is 7.90. The normalized spacial score (nSPS) is 22.0. The van der Waals surface area contributed by atoms with Gasteiger partial charge < -0.3 is 0 Å². The molecule has 0 bridgehead atoms. The van der Waals surface area contributed by atoms with Gasteiger partial charge >= 0.3 is 11.9 Å². The number of nitriles is 2. The number of aromatic nitrogens is 2. The van der Waals surface area contributed by atoms with Gasteiger partial charge in [0, 0.05) is 18.8 Å². The molecule has 2 aliphatic carbocycles. The third-order valence-corrected chi connectivity index (χ3v) is 6.95. The highest BCUT2D eigenvalue weighted by atomic mass is 32.2. The summed E-state index contributed by atoms with van der Waals surface area (Å²) in [6, 6.07) is 3.19. The molecule has 12 heteroatoms. The highest BCUT2D eigenvalue weighted by Gasteiger charge is 2.49. The van der Waals surface area contributed by atoms with Gasteiger partial charge in [-0.1, -0.05) is 6.08 Å². The van der Waals surface area contributed by atoms with E-state index in [9.17, 15) is 23.3 Å². The average Bonchev–Trinajstić information content (AvgIpc) is 3.38. The minimum atomic E-state index is -3.98. The minimum absolute atomic E-state index is 0.0124. The van der Waals surface area contributed by atoms with E-state index in [-0.39, 0.29) is 24.4 Å². The Morgan fingerprint density at radius 2 is 2.10 bits per heavy atom. The summed E-state index contributed by atoms with van der Waals surface area (Å²) in [6.45, 7) is -0.380. The minimum Gasteiger partial charge on any atom is -0.275 e. The molecule has 1 aliphatic heterocycles. The molecule has 3 amide bonds. The van der Waals surface area contributed by atoms with Crippen molar-refractivity contribution in [2.75, 3.05) is 6.54 Å². The number of carbonyl (C=O) groups excluding carboxylic acids is 2. The van der Waals surface area contributed by atoms with Crippen molar-refractivity contribution in [1.29, 1.82) is 10.5 Å². The number of nitrogens with zero attached hydrogens (tertiary/aromatic N) is 6. The quantitative estimate of drug-likeness (QED) is 0.471. The van der Waals surface area contributed by atoms with Crippen LogP contribution in [0.5, 0.6) is 0 Å². The predicted octanol–water partition coefficient (Wildman–Crippen LogP) is -0.300. The summed E-state index contributed by atoms with van der Waals surface area (Å²) in [4.78, 5) is 27.0. The molecule has 1 aromatic heterocycles. The average molecular weight is 440 g/mol. The highest BCUT2D eigenvalue weighted by Crippen LogP contribution is 2.36. The van der Waals surface area contributed by atoms with Crippen molar-refractivity contribution >= 4 is 27.7 Å². The molecule has 3 aliphatic rings. The molecule has 1 unspecified atom stereocenters. The van der Waals surface area contributed by atoms with Gasteiger partial charge in [0.05, 0.1) is 12.3 Å². The first-order valence-electron chi connectivity index (χ1n) is 9.39. The molecule has 158 valence electrons. The maximum absolute atomic E-state index is 13.1. The Hall–Kier alpha value is -3.61. The second-order valence-corrected chi connectivity index (χ2v) is 9.41. The van der Waals surface area contributed by atoms with E-state index in [1.54, 1.807) is 13.2 Å². The summed E-state index contributed by atoms with van der Waals surface area (Å²) in [5.41, 5.74) is -0.307. The van der Waals surface area contributed by atoms with Crippen LogP contribution >= 0.6 is 0 Å². The van der Waals surface area contributed by atoms with Crippen molar-refractivity contribution in [3.63, 3.8) is 0 Å². The molecule has 0 aromatic carbocycles. The van der Waals surface area contributed by atoms with Crippen LogP contribution in [0.25, 0.3) is 0 Å². The molecule has 1 N–H and O–H groups in total. The van der Waals surface area contributed by atoms with Crippen LogP contribution in [0.4, 0.5) is 4.79 Å². The Balaban J connectivity index is 1.71. The van der Waals surface area contributed by atoms with E-state index in [0.717, 1.165) is 9.48 Å². The number of fused-ring (bicyclic) bond motifs is 1. The first-order chi connectivity index (χ1) is 14.7. The standard InChI is InChI=1S/C19H18N7O4S/c1-24-10-13(9-22-24)11-26-17(27)15-8-14(31(29,30)23-19(12-21)4-5-19)2-3-16(15)25(7-6-20)18(26)28/h2-3,8-10,14,23H,4-5,7,11H2,1H3/q+1. The van der Waals surface area contributed by atoms with Crippen LogP contribution in [0.15, 0.2) is 36.2 Å². The second-order valence-electron chi connectivity index (χ2n) is 7.57. The van der Waals surface area contributed by atoms with Crippen molar-refractivity contribution in [3.8, 4) is 12.1 Å². The number of imide groups is 1. The molecule has 0 saturated heterocycles. The number of nitrogens with one attached hydrogen (secondary N) is 1. The number of aryl methyl sites for hydroxylation is 1. The molecule has 1 atom stereocenters. The molecule has 11 nitrogen and oxygen atoms in total. The van der Waals surface area contributed by atoms with E-state index in [4.69, 9.17) is 5.26 Å². The molecule has 4 rings (SSSR count). The van der Waals surface area contributed by atoms with Crippen molar-refractivity contribution in [2.45, 2.75) is 30.2 Å². The molecule has 0 spiro atoms. The maximum atomic E-state index is 13.1. The van der Waals surface area contributed by atoms with E-state index in [1.165, 1.54) is 29.1 Å². The molecule has 1 saturated carbocycles. The van der Waals surface area contributed by atoms with Gasteiger partial charge in [0.25, 0.3) is 0 Å². The Morgan fingerprint density at radius 3 is 2.68 bits per heavy atom. The van der Waals surface area contributed by atoms with Gasteiger partial charge in [-0.05, 0) is 25.0 Å². The number of hydrogen-bond donors (Lipinski definition) is 1. The molecule has 0 radical (unpaired) electrons. The lowest BCUT2D eigenvalue weighted by Crippen LogP contribution is -2.52. The Labute approximate surface area is 178 Å². The number of carbonyl (C=O) groups is 2. The van der Waals surface area contributed by atoms with E-state index in [0.29, 0.717) is 18.4 Å². The van der Waals surface area contributed by atoms with Crippen molar-refractivity contribution in [3.05, 3.63) is 41.8 Å². The first-order valence-corrected chi connectivity index (χ1v) is 10.9. The maximum Gasteiger partial charge on any atom is 0.502 e. The van der Waals surface area contributed by atoms with E-state index >= 15 is 0 Å². The van der Waals surface area contributed by atoms with Gasteiger partial charge in [0.1, 0.15) is 34.7 Å². The molecular formula is C19H18N7O4S+. The zero-order valence-corrected chi connectivity index (χ0v) is 17.3. The van der Waals surface area contributed by atoms with E-state index in [2.05, 4.69) is 9.82 Å². The Bertz CT molecular complexity index is 1270. The lowest BCUT2D eigenvalue weighted by atomic mass is 9.99. The fourth-order valence-electron chi connectivity index (χ4n) is 3.47. The lowest BCUT2D eigenvalue weighted by Gasteiger charge is -2.25. The third-order valence-electron chi connectivity index (χ3n) is 5.27. The topological polar surface area (TPSA) is 152 Å². The van der Waals surface area contributed by atoms with Crippen LogP contribution in [0.1, 0.15) is 18.4 Å². The van der Waals surface area contributed by atoms with Crippen LogP contribution in [0.2, 0.25) is 0 Å². The summed E-state index contributed by atoms with van der Waals surface area (Å²) in [7, 11) is -2.29. The monoisotopic (exact) mass is 440 g/mol. The van der Waals surface area contributed by atoms with Gasteiger partial charge in [-0.2, -0.15) is 34.6 Å². The summed E-state index contributed by atoms with van der Waals surface area (Å²) in [5.74, 6) is -0.663. The Morgan fingerprint density at radius 1 is 1.35 bits per heavy atom. The fraction of sp³-hybridized carbons (Fsp3) is 0.368. The third kappa shape index (κ3) is 3.67. The summed E-state index contributed by atoms with van der Waals surface area (Å²) < 4.78 is 30.7. The van der Waals surface area contributed by atoms with E-state index < -0.39 is 32.8 Å². The molecular weight excluding hydrogens is 422 g/mol. The smallest absolute Gasteiger partial charge is 0.275 e. The van der Waals surface area contributed by atoms with Crippen molar-refractivity contribution in [1.82, 2.24) is 19.4 Å². The molecule has 31 heavy (non-hydrogen) atoms. The summed E-state index contributed by atoms with van der Waals surface area (Å²) in [6.07, 6.45) is 7.96. The largest absolute Gasteiger partial charge is 0.502 e. The summed E-state index contributed by atoms with van der Waals surface area (Å²) in [5, 5.41) is 21.2. The number of hydrogen-bond acceptors (Lipinski definition) is 7. The van der Waals surface area contributed by atoms with Crippen molar-refractivity contribution in [2.24, 2.45) is 7.05 Å². The van der Waals surface area contributed by atoms with Crippen LogP contribution in [0.3, 0.4) is 0 Å². The van der Waals surface area contributed by atoms with Crippen LogP contribution in [-0.2, 0) is 28.4 Å². The van der Waals surface area contributed by atoms with Gasteiger partial charge in [-0.25, -0.2) is 13.2 Å². The van der Waals surface area contributed by atoms with Crippen LogP contribution < -0.4 is 4.72 Å². The van der Waals surface area contributed by atoms with Crippen LogP contribution in [0, 0.1) is 22.7 Å². The number of sulfonamides is 1. The Kier molecular flexibility index (Phi) is 4.84. The van der Waals surface area contributed by atoms with E-state index in [1.807, 2.05) is 12.1 Å². The summed E-state index contributed by atoms with van der Waals surface area (Å²) >= 11 is 0. The zero-order valence-electron chi connectivity index (χ0n) is 16.5. The van der Waals surface area contributed by atoms with Gasteiger partial charge in [-0.15, -0.1) is 0 Å². The number of amides is 3. The van der Waals surface area contributed by atoms with Gasteiger partial charge in [0.15, 0.2) is 6.54 Å². The molecule has 2 heterocycles. The molecule has 1 aromatic rings. The zero-order chi connectivity index (χ0) is 22.4. The second kappa shape index (κ2) is 7.27.